The lowest BCUT2D eigenvalue weighted by Crippen LogP contribution is -2.44. The minimum atomic E-state index is -1.04. The fraction of sp³-hybridized carbons (Fsp3) is 0.286. The Morgan fingerprint density at radius 1 is 1.14 bits per heavy atom. The minimum Gasteiger partial charge on any atom is -0.480 e. The Balaban J connectivity index is 2.11. The van der Waals surface area contributed by atoms with E-state index in [9.17, 15) is 9.59 Å². The molecule has 0 saturated carbocycles. The first-order chi connectivity index (χ1) is 9.99. The molecule has 21 heavy (non-hydrogen) atoms. The zero-order valence-corrected chi connectivity index (χ0v) is 11.7. The minimum absolute atomic E-state index is 0.192. The third kappa shape index (κ3) is 3.44. The quantitative estimate of drug-likeness (QED) is 0.859. The van der Waals surface area contributed by atoms with Gasteiger partial charge in [-0.2, -0.15) is 0 Å². The van der Waals surface area contributed by atoms with Crippen LogP contribution >= 0.6 is 0 Å². The van der Waals surface area contributed by atoms with Gasteiger partial charge in [-0.25, -0.2) is 4.79 Å². The fourth-order valence-electron chi connectivity index (χ4n) is 1.86. The van der Waals surface area contributed by atoms with E-state index < -0.39 is 17.9 Å². The molecule has 110 valence electrons. The van der Waals surface area contributed by atoms with Crippen molar-refractivity contribution in [2.45, 2.75) is 19.9 Å². The topological polar surface area (TPSA) is 97.1 Å². The molecule has 1 heterocycles. The molecule has 2 aromatic rings. The van der Waals surface area contributed by atoms with Crippen molar-refractivity contribution in [3.63, 3.8) is 0 Å². The van der Waals surface area contributed by atoms with Gasteiger partial charge in [-0.05, 0) is 30.2 Å². The Morgan fingerprint density at radius 2 is 1.71 bits per heavy atom. The number of benzene rings is 1. The second-order valence-corrected chi connectivity index (χ2v) is 4.95. The lowest BCUT2D eigenvalue weighted by molar-refractivity contribution is -0.140. The Hall–Kier alpha value is -2.70. The molecule has 0 bridgehead atoms. The molecule has 2 N–H and O–H groups in total. The Labute approximate surface area is 121 Å². The molecular weight excluding hydrogens is 272 g/mol. The lowest BCUT2D eigenvalue weighted by atomic mass is 10.0. The summed E-state index contributed by atoms with van der Waals surface area (Å²) in [6, 6.07) is 5.83. The molecular formula is C14H16N4O3. The molecule has 2 rings (SSSR count). The predicted molar refractivity (Wildman–Crippen MR) is 75.1 cm³/mol. The van der Waals surface area contributed by atoms with Gasteiger partial charge in [0.15, 0.2) is 0 Å². The van der Waals surface area contributed by atoms with Gasteiger partial charge in [0, 0.05) is 11.3 Å². The molecule has 1 aromatic carbocycles. The van der Waals surface area contributed by atoms with Crippen molar-refractivity contribution in [2.75, 3.05) is 0 Å². The monoisotopic (exact) mass is 288 g/mol. The molecule has 0 fully saturated rings. The summed E-state index contributed by atoms with van der Waals surface area (Å²) in [5, 5.41) is 19.0. The third-order valence-electron chi connectivity index (χ3n) is 3.07. The number of nitrogens with zero attached hydrogens (tertiary/aromatic N) is 3. The summed E-state index contributed by atoms with van der Waals surface area (Å²) >= 11 is 0. The molecule has 0 aliphatic heterocycles. The SMILES string of the molecule is CC(C)[C@@H](NC(=O)c1ccc(-n2cnnc2)cc1)C(=O)O. The molecule has 0 radical (unpaired) electrons. The first kappa shape index (κ1) is 14.7. The summed E-state index contributed by atoms with van der Waals surface area (Å²) in [7, 11) is 0. The van der Waals surface area contributed by atoms with Crippen LogP contribution in [-0.4, -0.2) is 37.8 Å². The van der Waals surface area contributed by atoms with E-state index in [2.05, 4.69) is 15.5 Å². The van der Waals surface area contributed by atoms with E-state index >= 15 is 0 Å². The van der Waals surface area contributed by atoms with Crippen LogP contribution in [0, 0.1) is 5.92 Å². The van der Waals surface area contributed by atoms with Crippen LogP contribution in [0.4, 0.5) is 0 Å². The average molecular weight is 288 g/mol. The Kier molecular flexibility index (Phi) is 4.32. The second-order valence-electron chi connectivity index (χ2n) is 4.95. The van der Waals surface area contributed by atoms with Crippen molar-refractivity contribution in [1.82, 2.24) is 20.1 Å². The second kappa shape index (κ2) is 6.17. The summed E-state index contributed by atoms with van der Waals surface area (Å²) in [5.74, 6) is -1.64. The highest BCUT2D eigenvalue weighted by Gasteiger charge is 2.23. The maximum Gasteiger partial charge on any atom is 0.326 e. The van der Waals surface area contributed by atoms with Crippen LogP contribution in [0.15, 0.2) is 36.9 Å². The number of hydrogen-bond acceptors (Lipinski definition) is 4. The summed E-state index contributed by atoms with van der Waals surface area (Å²) in [5.41, 5.74) is 1.22. The first-order valence-corrected chi connectivity index (χ1v) is 6.48. The van der Waals surface area contributed by atoms with Gasteiger partial charge in [-0.1, -0.05) is 13.8 Å². The summed E-state index contributed by atoms with van der Waals surface area (Å²) < 4.78 is 1.70. The van der Waals surface area contributed by atoms with Crippen LogP contribution in [0.2, 0.25) is 0 Å². The Bertz CT molecular complexity index is 620. The van der Waals surface area contributed by atoms with Crippen LogP contribution in [0.5, 0.6) is 0 Å². The number of carboxylic acid groups (broad SMARTS) is 1. The molecule has 7 nitrogen and oxygen atoms in total. The number of carbonyl (C=O) groups excluding carboxylic acids is 1. The van der Waals surface area contributed by atoms with Gasteiger partial charge in [0.25, 0.3) is 5.91 Å². The van der Waals surface area contributed by atoms with E-state index in [1.807, 2.05) is 0 Å². The number of nitrogens with one attached hydrogen (secondary N) is 1. The number of amides is 1. The number of aliphatic carboxylic acids is 1. The number of carbonyl (C=O) groups is 2. The van der Waals surface area contributed by atoms with E-state index in [-0.39, 0.29) is 5.92 Å². The van der Waals surface area contributed by atoms with Gasteiger partial charge >= 0.3 is 5.97 Å². The zero-order chi connectivity index (χ0) is 15.4. The number of carboxylic acids is 1. The van der Waals surface area contributed by atoms with Crippen LogP contribution in [0.1, 0.15) is 24.2 Å². The van der Waals surface area contributed by atoms with Crippen molar-refractivity contribution in [1.29, 1.82) is 0 Å². The zero-order valence-electron chi connectivity index (χ0n) is 11.7. The van der Waals surface area contributed by atoms with Crippen molar-refractivity contribution < 1.29 is 14.7 Å². The van der Waals surface area contributed by atoms with E-state index in [1.54, 1.807) is 55.3 Å². The number of hydrogen-bond donors (Lipinski definition) is 2. The molecule has 1 aromatic heterocycles. The lowest BCUT2D eigenvalue weighted by Gasteiger charge is -2.17. The standard InChI is InChI=1S/C14H16N4O3/c1-9(2)12(14(20)21)17-13(19)10-3-5-11(6-4-10)18-7-15-16-8-18/h3-9,12H,1-2H3,(H,17,19)(H,20,21)/t12-/m1/s1. The summed E-state index contributed by atoms with van der Waals surface area (Å²) in [6.45, 7) is 3.49. The van der Waals surface area contributed by atoms with Crippen molar-refractivity contribution in [3.05, 3.63) is 42.5 Å². The smallest absolute Gasteiger partial charge is 0.326 e. The van der Waals surface area contributed by atoms with E-state index in [4.69, 9.17) is 5.11 Å². The normalized spacial score (nSPS) is 12.1. The highest BCUT2D eigenvalue weighted by atomic mass is 16.4. The highest BCUT2D eigenvalue weighted by Crippen LogP contribution is 2.10. The van der Waals surface area contributed by atoms with Gasteiger partial charge in [-0.3, -0.25) is 9.36 Å². The van der Waals surface area contributed by atoms with Gasteiger partial charge in [0.05, 0.1) is 0 Å². The molecule has 0 saturated heterocycles. The molecule has 0 aliphatic carbocycles. The van der Waals surface area contributed by atoms with Crippen LogP contribution in [0.3, 0.4) is 0 Å². The van der Waals surface area contributed by atoms with Gasteiger partial charge < -0.3 is 10.4 Å². The molecule has 0 aliphatic rings. The van der Waals surface area contributed by atoms with Gasteiger partial charge in [0.2, 0.25) is 0 Å². The van der Waals surface area contributed by atoms with E-state index in [0.717, 1.165) is 5.69 Å². The largest absolute Gasteiger partial charge is 0.480 e. The molecule has 0 unspecified atom stereocenters. The first-order valence-electron chi connectivity index (χ1n) is 6.48. The fourth-order valence-corrected chi connectivity index (χ4v) is 1.86. The highest BCUT2D eigenvalue weighted by molar-refractivity contribution is 5.96. The predicted octanol–water partition coefficient (Wildman–Crippen LogP) is 1.11. The summed E-state index contributed by atoms with van der Waals surface area (Å²) in [4.78, 5) is 23.1. The molecule has 1 amide bonds. The molecule has 1 atom stereocenters. The van der Waals surface area contributed by atoms with Crippen molar-refractivity contribution in [2.24, 2.45) is 5.92 Å². The summed E-state index contributed by atoms with van der Waals surface area (Å²) in [6.07, 6.45) is 3.10. The Morgan fingerprint density at radius 3 is 2.19 bits per heavy atom. The van der Waals surface area contributed by atoms with E-state index in [1.165, 1.54) is 0 Å². The number of aromatic nitrogens is 3. The van der Waals surface area contributed by atoms with Gasteiger partial charge in [-0.15, -0.1) is 10.2 Å². The third-order valence-corrected chi connectivity index (χ3v) is 3.07. The van der Waals surface area contributed by atoms with Gasteiger partial charge in [0.1, 0.15) is 18.7 Å². The van der Waals surface area contributed by atoms with Crippen LogP contribution < -0.4 is 5.32 Å². The average Bonchev–Trinajstić information content (AvgIpc) is 2.98. The van der Waals surface area contributed by atoms with Crippen molar-refractivity contribution >= 4 is 11.9 Å². The number of rotatable bonds is 5. The van der Waals surface area contributed by atoms with Crippen LogP contribution in [0.25, 0.3) is 5.69 Å². The molecule has 7 heteroatoms. The maximum absolute atomic E-state index is 12.1. The van der Waals surface area contributed by atoms with Crippen LogP contribution in [-0.2, 0) is 4.79 Å². The molecule has 0 spiro atoms. The maximum atomic E-state index is 12.1. The van der Waals surface area contributed by atoms with E-state index in [0.29, 0.717) is 5.56 Å². The van der Waals surface area contributed by atoms with Crippen molar-refractivity contribution in [3.8, 4) is 5.69 Å².